The molecular weight excluding hydrogens is 500 g/mol. The van der Waals surface area contributed by atoms with E-state index < -0.39 is 5.60 Å². The highest BCUT2D eigenvalue weighted by molar-refractivity contribution is 9.10. The third-order valence-electron chi connectivity index (χ3n) is 5.82. The molecule has 2 aliphatic rings. The molecule has 0 saturated carbocycles. The standard InChI is InChI=1S/C24H33BrN6O3/c1-24(2,3)34-23(32)31-13-11-30(12-14-31)18-9-7-17(8-10-18)27-22-26-16-19(25)21(28-22)29(4)20-6-5-15-33-20/h7-10,16,20H,5-6,11-15H2,1-4H3,(H,26,27,28). The molecule has 9 nitrogen and oxygen atoms in total. The first-order valence-corrected chi connectivity index (χ1v) is 12.5. The second-order valence-corrected chi connectivity index (χ2v) is 10.4. The van der Waals surface area contributed by atoms with Crippen LogP contribution in [-0.2, 0) is 9.47 Å². The highest BCUT2D eigenvalue weighted by Gasteiger charge is 2.26. The molecule has 1 N–H and O–H groups in total. The lowest BCUT2D eigenvalue weighted by atomic mass is 10.2. The number of amides is 1. The number of nitrogens with one attached hydrogen (secondary N) is 1. The number of aromatic nitrogens is 2. The molecule has 2 aromatic rings. The largest absolute Gasteiger partial charge is 0.444 e. The summed E-state index contributed by atoms with van der Waals surface area (Å²) in [6.07, 6.45) is 3.60. The van der Waals surface area contributed by atoms with Gasteiger partial charge < -0.3 is 29.5 Å². The Hall–Kier alpha value is -2.59. The van der Waals surface area contributed by atoms with Crippen LogP contribution in [0.1, 0.15) is 33.6 Å². The number of ether oxygens (including phenoxy) is 2. The van der Waals surface area contributed by atoms with E-state index in [1.54, 1.807) is 11.1 Å². The van der Waals surface area contributed by atoms with Gasteiger partial charge in [0.15, 0.2) is 0 Å². The zero-order valence-electron chi connectivity index (χ0n) is 20.3. The van der Waals surface area contributed by atoms with Crippen LogP contribution in [0, 0.1) is 0 Å². The molecule has 1 aromatic carbocycles. The second kappa shape index (κ2) is 10.4. The van der Waals surface area contributed by atoms with Crippen molar-refractivity contribution in [1.29, 1.82) is 0 Å². The second-order valence-electron chi connectivity index (χ2n) is 9.57. The summed E-state index contributed by atoms with van der Waals surface area (Å²) < 4.78 is 12.1. The zero-order chi connectivity index (χ0) is 24.3. The van der Waals surface area contributed by atoms with Gasteiger partial charge in [0, 0.05) is 57.4 Å². The van der Waals surface area contributed by atoms with Crippen LogP contribution in [0.25, 0.3) is 0 Å². The van der Waals surface area contributed by atoms with Crippen molar-refractivity contribution in [3.8, 4) is 0 Å². The van der Waals surface area contributed by atoms with Crippen molar-refractivity contribution in [2.24, 2.45) is 0 Å². The van der Waals surface area contributed by atoms with Crippen LogP contribution < -0.4 is 15.1 Å². The van der Waals surface area contributed by atoms with Gasteiger partial charge in [0.05, 0.1) is 4.47 Å². The number of rotatable bonds is 5. The van der Waals surface area contributed by atoms with Gasteiger partial charge in [0.1, 0.15) is 17.6 Å². The molecule has 184 valence electrons. The monoisotopic (exact) mass is 532 g/mol. The van der Waals surface area contributed by atoms with E-state index in [9.17, 15) is 4.79 Å². The van der Waals surface area contributed by atoms with Crippen molar-refractivity contribution in [2.75, 3.05) is 55.0 Å². The van der Waals surface area contributed by atoms with E-state index in [4.69, 9.17) is 14.5 Å². The van der Waals surface area contributed by atoms with Gasteiger partial charge in [-0.05, 0) is 73.8 Å². The number of nitrogens with zero attached hydrogens (tertiary/aromatic N) is 5. The lowest BCUT2D eigenvalue weighted by Gasteiger charge is -2.36. The van der Waals surface area contributed by atoms with Crippen molar-refractivity contribution < 1.29 is 14.3 Å². The molecule has 34 heavy (non-hydrogen) atoms. The normalized spacial score (nSPS) is 18.7. The van der Waals surface area contributed by atoms with Crippen molar-refractivity contribution in [2.45, 2.75) is 45.4 Å². The molecule has 1 amide bonds. The Morgan fingerprint density at radius 2 is 1.91 bits per heavy atom. The molecule has 1 aromatic heterocycles. The van der Waals surface area contributed by atoms with Crippen LogP contribution in [0.4, 0.5) is 27.9 Å². The van der Waals surface area contributed by atoms with Crippen LogP contribution in [0.5, 0.6) is 0 Å². The SMILES string of the molecule is CN(c1nc(Nc2ccc(N3CCN(C(=O)OC(C)(C)C)CC3)cc2)ncc1Br)C1CCCO1. The summed E-state index contributed by atoms with van der Waals surface area (Å²) in [4.78, 5) is 27.5. The van der Waals surface area contributed by atoms with Gasteiger partial charge in [-0.2, -0.15) is 4.98 Å². The summed E-state index contributed by atoms with van der Waals surface area (Å²) in [5.74, 6) is 1.32. The molecule has 2 aliphatic heterocycles. The number of piperazine rings is 1. The molecule has 1 atom stereocenters. The number of hydrogen-bond donors (Lipinski definition) is 1. The van der Waals surface area contributed by atoms with Gasteiger partial charge in [0.25, 0.3) is 0 Å². The fourth-order valence-corrected chi connectivity index (χ4v) is 4.50. The topological polar surface area (TPSA) is 83.1 Å². The Kier molecular flexibility index (Phi) is 7.47. The summed E-state index contributed by atoms with van der Waals surface area (Å²) in [6, 6.07) is 8.18. The number of carbonyl (C=O) groups is 1. The zero-order valence-corrected chi connectivity index (χ0v) is 21.8. The molecule has 10 heteroatoms. The molecule has 2 fully saturated rings. The first-order chi connectivity index (χ1) is 16.2. The first-order valence-electron chi connectivity index (χ1n) is 11.7. The maximum atomic E-state index is 12.3. The van der Waals surface area contributed by atoms with Gasteiger partial charge in [-0.25, -0.2) is 9.78 Å². The number of benzene rings is 1. The Morgan fingerprint density at radius 3 is 2.53 bits per heavy atom. The summed E-state index contributed by atoms with van der Waals surface area (Å²) in [5.41, 5.74) is 1.55. The fourth-order valence-electron chi connectivity index (χ4n) is 4.03. The van der Waals surface area contributed by atoms with Crippen LogP contribution >= 0.6 is 15.9 Å². The molecule has 2 saturated heterocycles. The Morgan fingerprint density at radius 1 is 1.21 bits per heavy atom. The average molecular weight is 533 g/mol. The van der Waals surface area contributed by atoms with Gasteiger partial charge in [-0.3, -0.25) is 0 Å². The first kappa shape index (κ1) is 24.5. The van der Waals surface area contributed by atoms with Gasteiger partial charge in [0.2, 0.25) is 5.95 Å². The van der Waals surface area contributed by atoms with Crippen molar-refractivity contribution >= 4 is 45.2 Å². The number of halogens is 1. The maximum absolute atomic E-state index is 12.3. The smallest absolute Gasteiger partial charge is 0.410 e. The van der Waals surface area contributed by atoms with Gasteiger partial charge >= 0.3 is 6.09 Å². The van der Waals surface area contributed by atoms with Crippen LogP contribution in [0.15, 0.2) is 34.9 Å². The number of hydrogen-bond acceptors (Lipinski definition) is 8. The lowest BCUT2D eigenvalue weighted by Crippen LogP contribution is -2.50. The van der Waals surface area contributed by atoms with E-state index in [1.165, 1.54) is 0 Å². The molecule has 1 unspecified atom stereocenters. The van der Waals surface area contributed by atoms with E-state index >= 15 is 0 Å². The van der Waals surface area contributed by atoms with Crippen LogP contribution in [-0.4, -0.2) is 72.6 Å². The summed E-state index contributed by atoms with van der Waals surface area (Å²) in [5, 5.41) is 3.29. The summed E-state index contributed by atoms with van der Waals surface area (Å²) in [7, 11) is 1.99. The minimum absolute atomic E-state index is 0.0362. The highest BCUT2D eigenvalue weighted by Crippen LogP contribution is 2.29. The van der Waals surface area contributed by atoms with Gasteiger partial charge in [-0.1, -0.05) is 0 Å². The molecule has 0 aliphatic carbocycles. The van der Waals surface area contributed by atoms with E-state index in [-0.39, 0.29) is 12.3 Å². The fraction of sp³-hybridized carbons (Fsp3) is 0.542. The highest BCUT2D eigenvalue weighted by atomic mass is 79.9. The minimum atomic E-state index is -0.476. The van der Waals surface area contributed by atoms with E-state index in [0.29, 0.717) is 19.0 Å². The third kappa shape index (κ3) is 6.09. The van der Waals surface area contributed by atoms with Crippen LogP contribution in [0.2, 0.25) is 0 Å². The molecule has 0 spiro atoms. The predicted octanol–water partition coefficient (Wildman–Crippen LogP) is 4.61. The van der Waals surface area contributed by atoms with Crippen molar-refractivity contribution in [3.05, 3.63) is 34.9 Å². The number of carbonyl (C=O) groups excluding carboxylic acids is 1. The minimum Gasteiger partial charge on any atom is -0.444 e. The summed E-state index contributed by atoms with van der Waals surface area (Å²) in [6.45, 7) is 9.26. The maximum Gasteiger partial charge on any atom is 0.410 e. The Balaban J connectivity index is 1.35. The molecule has 4 rings (SSSR count). The lowest BCUT2D eigenvalue weighted by molar-refractivity contribution is 0.0240. The quantitative estimate of drug-likeness (QED) is 0.597. The van der Waals surface area contributed by atoms with E-state index in [1.807, 2.05) is 44.9 Å². The molecule has 0 bridgehead atoms. The van der Waals surface area contributed by atoms with Crippen molar-refractivity contribution in [3.63, 3.8) is 0 Å². The average Bonchev–Trinajstić information content (AvgIpc) is 3.34. The summed E-state index contributed by atoms with van der Waals surface area (Å²) >= 11 is 3.56. The predicted molar refractivity (Wildman–Crippen MR) is 137 cm³/mol. The number of anilines is 4. The molecule has 3 heterocycles. The van der Waals surface area contributed by atoms with E-state index in [2.05, 4.69) is 43.3 Å². The molecule has 0 radical (unpaired) electrons. The van der Waals surface area contributed by atoms with Crippen LogP contribution in [0.3, 0.4) is 0 Å². The Bertz CT molecular complexity index is 983. The third-order valence-corrected chi connectivity index (χ3v) is 6.38. The Labute approximate surface area is 209 Å². The van der Waals surface area contributed by atoms with E-state index in [0.717, 1.165) is 54.2 Å². The van der Waals surface area contributed by atoms with Crippen molar-refractivity contribution in [1.82, 2.24) is 14.9 Å². The molecular formula is C24H33BrN6O3. The van der Waals surface area contributed by atoms with Gasteiger partial charge in [-0.15, -0.1) is 0 Å².